The summed E-state index contributed by atoms with van der Waals surface area (Å²) in [4.78, 5) is 19.1. The van der Waals surface area contributed by atoms with E-state index >= 15 is 0 Å². The summed E-state index contributed by atoms with van der Waals surface area (Å²) in [7, 11) is 1.56. The molecule has 1 aliphatic rings. The van der Waals surface area contributed by atoms with Crippen LogP contribution in [0.15, 0.2) is 35.0 Å². The van der Waals surface area contributed by atoms with Crippen LogP contribution in [0.4, 0.5) is 4.39 Å². The summed E-state index contributed by atoms with van der Waals surface area (Å²) in [6, 6.07) is 5.96. The van der Waals surface area contributed by atoms with Crippen LogP contribution in [-0.2, 0) is 22.5 Å². The van der Waals surface area contributed by atoms with E-state index in [1.54, 1.807) is 24.1 Å². The molecule has 0 radical (unpaired) electrons. The highest BCUT2D eigenvalue weighted by molar-refractivity contribution is 5.99. The zero-order valence-corrected chi connectivity index (χ0v) is 17.2. The lowest BCUT2D eigenvalue weighted by Crippen LogP contribution is -2.43. The number of hydrogen-bond donors (Lipinski definition) is 1. The summed E-state index contributed by atoms with van der Waals surface area (Å²) >= 11 is 0. The SMILES string of the molecule is COCc1nc(CCOC2CCCN(C(=O)c3cn[nH]c3-c3ccc(F)cc3)C2)no1. The summed E-state index contributed by atoms with van der Waals surface area (Å²) in [5.74, 6) is 0.550. The molecule has 1 amide bonds. The highest BCUT2D eigenvalue weighted by atomic mass is 19.1. The maximum atomic E-state index is 13.2. The van der Waals surface area contributed by atoms with Crippen LogP contribution in [0.25, 0.3) is 11.3 Å². The highest BCUT2D eigenvalue weighted by Gasteiger charge is 2.27. The number of piperidine rings is 1. The van der Waals surface area contributed by atoms with Gasteiger partial charge in [0.05, 0.1) is 30.2 Å². The number of ether oxygens (including phenoxy) is 2. The van der Waals surface area contributed by atoms with E-state index < -0.39 is 0 Å². The number of aromatic nitrogens is 4. The van der Waals surface area contributed by atoms with E-state index in [9.17, 15) is 9.18 Å². The molecule has 1 fully saturated rings. The van der Waals surface area contributed by atoms with E-state index in [1.165, 1.54) is 18.3 Å². The Labute approximate surface area is 178 Å². The van der Waals surface area contributed by atoms with Crippen molar-refractivity contribution in [1.29, 1.82) is 0 Å². The number of carbonyl (C=O) groups excluding carboxylic acids is 1. The van der Waals surface area contributed by atoms with E-state index in [1.807, 2.05) is 0 Å². The van der Waals surface area contributed by atoms with Crippen LogP contribution < -0.4 is 0 Å². The second kappa shape index (κ2) is 9.80. The topological polar surface area (TPSA) is 106 Å². The molecule has 1 saturated heterocycles. The Morgan fingerprint density at radius 2 is 2.19 bits per heavy atom. The molecule has 1 atom stereocenters. The van der Waals surface area contributed by atoms with Crippen LogP contribution >= 0.6 is 0 Å². The third-order valence-electron chi connectivity index (χ3n) is 5.13. The number of methoxy groups -OCH3 is 1. The molecular weight excluding hydrogens is 405 g/mol. The fourth-order valence-electron chi connectivity index (χ4n) is 3.60. The molecule has 0 saturated carbocycles. The molecule has 31 heavy (non-hydrogen) atoms. The normalized spacial score (nSPS) is 16.6. The van der Waals surface area contributed by atoms with Crippen LogP contribution in [0, 0.1) is 5.82 Å². The van der Waals surface area contributed by atoms with Gasteiger partial charge in [0.15, 0.2) is 5.82 Å². The number of halogens is 1. The molecule has 9 nitrogen and oxygen atoms in total. The minimum absolute atomic E-state index is 0.0655. The maximum Gasteiger partial charge on any atom is 0.257 e. The Bertz CT molecular complexity index is 1000. The number of hydrogen-bond acceptors (Lipinski definition) is 7. The Hall–Kier alpha value is -3.11. The fourth-order valence-corrected chi connectivity index (χ4v) is 3.60. The van der Waals surface area contributed by atoms with Gasteiger partial charge in [0.2, 0.25) is 0 Å². The quantitative estimate of drug-likeness (QED) is 0.587. The Balaban J connectivity index is 1.34. The van der Waals surface area contributed by atoms with Crippen LogP contribution in [0.3, 0.4) is 0 Å². The zero-order valence-electron chi connectivity index (χ0n) is 17.2. The summed E-state index contributed by atoms with van der Waals surface area (Å²) in [6.45, 7) is 1.86. The summed E-state index contributed by atoms with van der Waals surface area (Å²) in [6.07, 6.45) is 3.69. The van der Waals surface area contributed by atoms with Crippen molar-refractivity contribution >= 4 is 5.91 Å². The van der Waals surface area contributed by atoms with E-state index in [0.29, 0.717) is 54.7 Å². The Morgan fingerprint density at radius 1 is 1.35 bits per heavy atom. The van der Waals surface area contributed by atoms with Crippen molar-refractivity contribution in [3.63, 3.8) is 0 Å². The van der Waals surface area contributed by atoms with Crippen molar-refractivity contribution in [3.8, 4) is 11.3 Å². The first-order valence-corrected chi connectivity index (χ1v) is 10.1. The zero-order chi connectivity index (χ0) is 21.6. The summed E-state index contributed by atoms with van der Waals surface area (Å²) in [5, 5.41) is 10.8. The minimum Gasteiger partial charge on any atom is -0.376 e. The molecule has 3 aromatic rings. The van der Waals surface area contributed by atoms with E-state index in [0.717, 1.165) is 12.8 Å². The van der Waals surface area contributed by atoms with Crippen molar-refractivity contribution in [2.75, 3.05) is 26.8 Å². The Kier molecular flexibility index (Phi) is 6.68. The van der Waals surface area contributed by atoms with Crippen molar-refractivity contribution in [1.82, 2.24) is 25.2 Å². The van der Waals surface area contributed by atoms with Crippen LogP contribution in [0.5, 0.6) is 0 Å². The first kappa shape index (κ1) is 21.1. The molecule has 10 heteroatoms. The van der Waals surface area contributed by atoms with Gasteiger partial charge in [0.25, 0.3) is 11.8 Å². The lowest BCUT2D eigenvalue weighted by Gasteiger charge is -2.32. The number of nitrogens with one attached hydrogen (secondary N) is 1. The second-order valence-corrected chi connectivity index (χ2v) is 7.34. The van der Waals surface area contributed by atoms with Crippen LogP contribution in [0.2, 0.25) is 0 Å². The predicted octanol–water partition coefficient (Wildman–Crippen LogP) is 2.61. The molecule has 0 bridgehead atoms. The lowest BCUT2D eigenvalue weighted by molar-refractivity contribution is 0.00254. The Morgan fingerprint density at radius 3 is 3.00 bits per heavy atom. The van der Waals surface area contributed by atoms with Gasteiger partial charge in [-0.2, -0.15) is 10.1 Å². The number of nitrogens with zero attached hydrogens (tertiary/aromatic N) is 4. The monoisotopic (exact) mass is 429 g/mol. The third-order valence-corrected chi connectivity index (χ3v) is 5.13. The number of H-pyrrole nitrogens is 1. The first-order valence-electron chi connectivity index (χ1n) is 10.1. The van der Waals surface area contributed by atoms with Crippen molar-refractivity contribution < 1.29 is 23.2 Å². The van der Waals surface area contributed by atoms with Gasteiger partial charge in [-0.05, 0) is 37.1 Å². The number of aromatic amines is 1. The molecule has 1 N–H and O–H groups in total. The molecule has 3 heterocycles. The number of rotatable bonds is 8. The smallest absolute Gasteiger partial charge is 0.257 e. The summed E-state index contributed by atoms with van der Waals surface area (Å²) in [5.41, 5.74) is 1.75. The van der Waals surface area contributed by atoms with Gasteiger partial charge in [-0.3, -0.25) is 9.89 Å². The van der Waals surface area contributed by atoms with Crippen LogP contribution in [0.1, 0.15) is 34.9 Å². The molecule has 2 aromatic heterocycles. The first-order chi connectivity index (χ1) is 15.1. The number of amides is 1. The van der Waals surface area contributed by atoms with Gasteiger partial charge in [-0.15, -0.1) is 0 Å². The van der Waals surface area contributed by atoms with E-state index in [-0.39, 0.29) is 24.4 Å². The van der Waals surface area contributed by atoms with Gasteiger partial charge in [-0.25, -0.2) is 4.39 Å². The molecule has 164 valence electrons. The van der Waals surface area contributed by atoms with Crippen molar-refractivity contribution in [2.24, 2.45) is 0 Å². The average molecular weight is 429 g/mol. The van der Waals surface area contributed by atoms with Gasteiger partial charge in [0, 0.05) is 32.2 Å². The van der Waals surface area contributed by atoms with E-state index in [4.69, 9.17) is 14.0 Å². The minimum atomic E-state index is -0.331. The van der Waals surface area contributed by atoms with Gasteiger partial charge in [0.1, 0.15) is 12.4 Å². The molecule has 0 aliphatic carbocycles. The highest BCUT2D eigenvalue weighted by Crippen LogP contribution is 2.24. The molecule has 1 unspecified atom stereocenters. The number of carbonyl (C=O) groups is 1. The second-order valence-electron chi connectivity index (χ2n) is 7.34. The van der Waals surface area contributed by atoms with Crippen molar-refractivity contribution in [3.05, 3.63) is 53.6 Å². The predicted molar refractivity (Wildman–Crippen MR) is 108 cm³/mol. The molecule has 1 aromatic carbocycles. The van der Waals surface area contributed by atoms with Gasteiger partial charge < -0.3 is 18.9 Å². The number of likely N-dealkylation sites (tertiary alicyclic amines) is 1. The van der Waals surface area contributed by atoms with Crippen molar-refractivity contribution in [2.45, 2.75) is 32.0 Å². The third kappa shape index (κ3) is 5.15. The molecule has 1 aliphatic heterocycles. The largest absolute Gasteiger partial charge is 0.376 e. The van der Waals surface area contributed by atoms with E-state index in [2.05, 4.69) is 20.3 Å². The number of benzene rings is 1. The fraction of sp³-hybridized carbons (Fsp3) is 0.429. The molecule has 0 spiro atoms. The van der Waals surface area contributed by atoms with Gasteiger partial charge in [-0.1, -0.05) is 5.16 Å². The molecule has 4 rings (SSSR count). The van der Waals surface area contributed by atoms with Gasteiger partial charge >= 0.3 is 0 Å². The average Bonchev–Trinajstić information content (AvgIpc) is 3.44. The maximum absolute atomic E-state index is 13.2. The molecular formula is C21H24FN5O4. The standard InChI is InChI=1S/C21H24FN5O4/c1-29-13-19-24-18(26-31-19)8-10-30-16-3-2-9-27(12-16)21(28)17-11-23-25-20(17)14-4-6-15(22)7-5-14/h4-7,11,16H,2-3,8-10,12-13H2,1H3,(H,23,25). The summed E-state index contributed by atoms with van der Waals surface area (Å²) < 4.78 is 29.2. The lowest BCUT2D eigenvalue weighted by atomic mass is 10.0. The van der Waals surface area contributed by atoms with Crippen LogP contribution in [-0.4, -0.2) is 64.1 Å².